The lowest BCUT2D eigenvalue weighted by atomic mass is 9.61. The monoisotopic (exact) mass is 338 g/mol. The summed E-state index contributed by atoms with van der Waals surface area (Å²) in [5.74, 6) is 1.92. The second-order valence-corrected chi connectivity index (χ2v) is 7.34. The van der Waals surface area contributed by atoms with Gasteiger partial charge in [0.2, 0.25) is 0 Å². The second-order valence-electron chi connectivity index (χ2n) is 7.34. The zero-order valence-electron chi connectivity index (χ0n) is 14.7. The minimum Gasteiger partial charge on any atom is -0.378 e. The molecule has 6 nitrogen and oxygen atoms in total. The van der Waals surface area contributed by atoms with E-state index in [-0.39, 0.29) is 22.7 Å². The van der Waals surface area contributed by atoms with E-state index >= 15 is 0 Å². The molecule has 2 atom stereocenters. The molecule has 1 saturated heterocycles. The smallest absolute Gasteiger partial charge is 0.173 e. The number of allylic oxidation sites excluding steroid dienone is 2. The number of carbonyl (C=O) groups excluding carboxylic acids is 1. The molecule has 1 aromatic heterocycles. The Morgan fingerprint density at radius 3 is 2.84 bits per heavy atom. The van der Waals surface area contributed by atoms with Crippen LogP contribution < -0.4 is 4.90 Å². The van der Waals surface area contributed by atoms with Crippen LogP contribution in [0, 0.1) is 24.2 Å². The van der Waals surface area contributed by atoms with Gasteiger partial charge in [0.1, 0.15) is 17.7 Å². The average Bonchev–Trinajstić information content (AvgIpc) is 2.62. The molecular weight excluding hydrogens is 316 g/mol. The molecule has 0 spiro atoms. The minimum atomic E-state index is -0.374. The fraction of sp³-hybridized carbons (Fsp3) is 0.579. The van der Waals surface area contributed by atoms with E-state index in [4.69, 9.17) is 14.7 Å². The first kappa shape index (κ1) is 16.2. The van der Waals surface area contributed by atoms with Crippen molar-refractivity contribution in [2.24, 2.45) is 5.92 Å². The summed E-state index contributed by atoms with van der Waals surface area (Å²) in [6, 6.07) is 2.08. The molecule has 2 heterocycles. The fourth-order valence-electron chi connectivity index (χ4n) is 4.41. The summed E-state index contributed by atoms with van der Waals surface area (Å²) < 4.78 is 5.47. The highest BCUT2D eigenvalue weighted by molar-refractivity contribution is 6.00. The number of aryl methyl sites for hydroxylation is 1. The number of ether oxygens (including phenoxy) is 1. The molecule has 2 aliphatic carbocycles. The summed E-state index contributed by atoms with van der Waals surface area (Å²) in [6.07, 6.45) is 4.10. The van der Waals surface area contributed by atoms with E-state index in [0.29, 0.717) is 19.6 Å². The Kier molecular flexibility index (Phi) is 3.84. The van der Waals surface area contributed by atoms with E-state index in [1.54, 1.807) is 0 Å². The Balaban J connectivity index is 1.87. The molecule has 130 valence electrons. The van der Waals surface area contributed by atoms with Crippen molar-refractivity contribution in [3.63, 3.8) is 0 Å². The van der Waals surface area contributed by atoms with Crippen LogP contribution in [0.4, 0.5) is 5.82 Å². The summed E-state index contributed by atoms with van der Waals surface area (Å²) in [7, 11) is 0. The maximum Gasteiger partial charge on any atom is 0.173 e. The summed E-state index contributed by atoms with van der Waals surface area (Å²) in [5.41, 5.74) is 2.07. The molecule has 3 aliphatic rings. The maximum absolute atomic E-state index is 12.2. The lowest BCUT2D eigenvalue weighted by Gasteiger charge is -2.43. The standard InChI is InChI=1S/C19H22N4O2/c1-12-21-17-15(18(22-12)23-5-7-25-8-6-23)4-3-14-9-16(24)13(11-20)10-19(14,17)2/h10,14H,3-9H2,1-2H3. The Morgan fingerprint density at radius 2 is 2.12 bits per heavy atom. The van der Waals surface area contributed by atoms with E-state index in [2.05, 4.69) is 17.9 Å². The van der Waals surface area contributed by atoms with Crippen molar-refractivity contribution in [1.82, 2.24) is 9.97 Å². The number of rotatable bonds is 1. The van der Waals surface area contributed by atoms with Gasteiger partial charge in [-0.05, 0) is 25.7 Å². The quantitative estimate of drug-likeness (QED) is 0.778. The number of hydrogen-bond donors (Lipinski definition) is 0. The third-order valence-corrected chi connectivity index (χ3v) is 5.81. The van der Waals surface area contributed by atoms with Crippen molar-refractivity contribution in [2.75, 3.05) is 31.2 Å². The number of nitrogens with zero attached hydrogens (tertiary/aromatic N) is 4. The summed E-state index contributed by atoms with van der Waals surface area (Å²) >= 11 is 0. The van der Waals surface area contributed by atoms with Gasteiger partial charge in [0, 0.05) is 30.5 Å². The predicted molar refractivity (Wildman–Crippen MR) is 92.3 cm³/mol. The number of aromatic nitrogens is 2. The van der Waals surface area contributed by atoms with E-state index in [0.717, 1.165) is 43.3 Å². The third-order valence-electron chi connectivity index (χ3n) is 5.81. The molecule has 1 aliphatic heterocycles. The van der Waals surface area contributed by atoms with Crippen LogP contribution in [-0.4, -0.2) is 42.1 Å². The first-order chi connectivity index (χ1) is 12.0. The molecule has 0 saturated carbocycles. The lowest BCUT2D eigenvalue weighted by Crippen LogP contribution is -2.43. The zero-order valence-corrected chi connectivity index (χ0v) is 14.7. The van der Waals surface area contributed by atoms with Crippen LogP contribution in [0.5, 0.6) is 0 Å². The predicted octanol–water partition coefficient (Wildman–Crippen LogP) is 1.86. The van der Waals surface area contributed by atoms with Gasteiger partial charge in [0.05, 0.1) is 24.5 Å². The van der Waals surface area contributed by atoms with Gasteiger partial charge < -0.3 is 9.64 Å². The highest BCUT2D eigenvalue weighted by Gasteiger charge is 2.46. The van der Waals surface area contributed by atoms with Crippen LogP contribution in [0.2, 0.25) is 0 Å². The van der Waals surface area contributed by atoms with Crippen LogP contribution in [0.3, 0.4) is 0 Å². The van der Waals surface area contributed by atoms with E-state index in [9.17, 15) is 10.1 Å². The van der Waals surface area contributed by atoms with Crippen LogP contribution in [0.1, 0.15) is 36.8 Å². The maximum atomic E-state index is 12.2. The number of carbonyl (C=O) groups is 1. The van der Waals surface area contributed by atoms with Gasteiger partial charge >= 0.3 is 0 Å². The lowest BCUT2D eigenvalue weighted by molar-refractivity contribution is -0.117. The molecule has 6 heteroatoms. The molecule has 0 aromatic carbocycles. The van der Waals surface area contributed by atoms with Crippen LogP contribution in [0.15, 0.2) is 11.6 Å². The summed E-state index contributed by atoms with van der Waals surface area (Å²) in [4.78, 5) is 24.0. The summed E-state index contributed by atoms with van der Waals surface area (Å²) in [5, 5.41) is 9.33. The molecule has 0 amide bonds. The van der Waals surface area contributed by atoms with Crippen molar-refractivity contribution in [3.8, 4) is 6.07 Å². The first-order valence-electron chi connectivity index (χ1n) is 8.90. The molecule has 25 heavy (non-hydrogen) atoms. The first-order valence-corrected chi connectivity index (χ1v) is 8.90. The van der Waals surface area contributed by atoms with Crippen molar-refractivity contribution in [1.29, 1.82) is 5.26 Å². The largest absolute Gasteiger partial charge is 0.378 e. The minimum absolute atomic E-state index is 0.0346. The molecule has 1 fully saturated rings. The number of Topliss-reactive ketones (excluding diaryl/α,β-unsaturated/α-hetero) is 1. The van der Waals surface area contributed by atoms with Gasteiger partial charge in [-0.1, -0.05) is 13.0 Å². The Bertz CT molecular complexity index is 804. The summed E-state index contributed by atoms with van der Waals surface area (Å²) in [6.45, 7) is 7.13. The van der Waals surface area contributed by atoms with Crippen molar-refractivity contribution >= 4 is 11.6 Å². The van der Waals surface area contributed by atoms with Crippen LogP contribution in [0.25, 0.3) is 0 Å². The molecule has 4 rings (SSSR count). The zero-order chi connectivity index (χ0) is 17.6. The van der Waals surface area contributed by atoms with Gasteiger partial charge in [0.25, 0.3) is 0 Å². The van der Waals surface area contributed by atoms with E-state index in [1.165, 1.54) is 5.56 Å². The molecular formula is C19H22N4O2. The Morgan fingerprint density at radius 1 is 1.36 bits per heavy atom. The third kappa shape index (κ3) is 2.54. The van der Waals surface area contributed by atoms with Gasteiger partial charge in [-0.15, -0.1) is 0 Å². The van der Waals surface area contributed by atoms with Gasteiger partial charge in [-0.3, -0.25) is 4.79 Å². The van der Waals surface area contributed by atoms with Crippen LogP contribution >= 0.6 is 0 Å². The fourth-order valence-corrected chi connectivity index (χ4v) is 4.41. The number of morpholine rings is 1. The molecule has 1 aromatic rings. The van der Waals surface area contributed by atoms with Crippen molar-refractivity contribution < 1.29 is 9.53 Å². The number of nitriles is 1. The van der Waals surface area contributed by atoms with E-state index < -0.39 is 0 Å². The topological polar surface area (TPSA) is 79.1 Å². The van der Waals surface area contributed by atoms with Gasteiger partial charge in [-0.25, -0.2) is 9.97 Å². The van der Waals surface area contributed by atoms with E-state index in [1.807, 2.05) is 13.0 Å². The molecule has 2 unspecified atom stereocenters. The average molecular weight is 338 g/mol. The molecule has 0 radical (unpaired) electrons. The Hall–Kier alpha value is -2.26. The Labute approximate surface area is 147 Å². The number of anilines is 1. The van der Waals surface area contributed by atoms with Crippen molar-refractivity contribution in [2.45, 2.75) is 38.5 Å². The van der Waals surface area contributed by atoms with Crippen molar-refractivity contribution in [3.05, 3.63) is 28.7 Å². The number of hydrogen-bond acceptors (Lipinski definition) is 6. The number of ketones is 1. The second kappa shape index (κ2) is 5.92. The molecule has 0 N–H and O–H groups in total. The SMILES string of the molecule is Cc1nc(N2CCOCC2)c2c(n1)C1(C)C=C(C#N)C(=O)CC1CC2. The highest BCUT2D eigenvalue weighted by atomic mass is 16.5. The highest BCUT2D eigenvalue weighted by Crippen LogP contribution is 2.48. The number of fused-ring (bicyclic) bond motifs is 3. The normalized spacial score (nSPS) is 28.7. The van der Waals surface area contributed by atoms with Crippen LogP contribution in [-0.2, 0) is 21.4 Å². The van der Waals surface area contributed by atoms with Gasteiger partial charge in [0.15, 0.2) is 5.78 Å². The molecule has 0 bridgehead atoms. The van der Waals surface area contributed by atoms with Gasteiger partial charge in [-0.2, -0.15) is 5.26 Å².